The number of hydrogen-bond acceptors (Lipinski definition) is 1. The van der Waals surface area contributed by atoms with E-state index in [-0.39, 0.29) is 0 Å². The summed E-state index contributed by atoms with van der Waals surface area (Å²) < 4.78 is 13.3. The Labute approximate surface area is 98.6 Å². The summed E-state index contributed by atoms with van der Waals surface area (Å²) in [5.41, 5.74) is 1.06. The van der Waals surface area contributed by atoms with E-state index in [1.165, 1.54) is 0 Å². The third-order valence-corrected chi connectivity index (χ3v) is 7.92. The van der Waals surface area contributed by atoms with Crippen LogP contribution in [0.5, 0.6) is 0 Å². The SMILES string of the molecule is C[Si](C)(C)C1=Cc2ccc(Cl)cc2S1=O. The van der Waals surface area contributed by atoms with E-state index >= 15 is 0 Å². The van der Waals surface area contributed by atoms with Gasteiger partial charge in [0.05, 0.1) is 23.8 Å². The van der Waals surface area contributed by atoms with Gasteiger partial charge in [0.1, 0.15) is 0 Å². The van der Waals surface area contributed by atoms with Gasteiger partial charge in [0.15, 0.2) is 0 Å². The molecule has 80 valence electrons. The monoisotopic (exact) mass is 256 g/mol. The van der Waals surface area contributed by atoms with Crippen LogP contribution in [0.1, 0.15) is 5.56 Å². The molecule has 0 saturated heterocycles. The predicted molar refractivity (Wildman–Crippen MR) is 69.2 cm³/mol. The van der Waals surface area contributed by atoms with Gasteiger partial charge in [-0.25, -0.2) is 4.21 Å². The second kappa shape index (κ2) is 3.58. The highest BCUT2D eigenvalue weighted by atomic mass is 35.5. The third-order valence-electron chi connectivity index (χ3n) is 2.40. The quantitative estimate of drug-likeness (QED) is 0.701. The molecule has 0 spiro atoms. The smallest absolute Gasteiger partial charge is 0.0896 e. The van der Waals surface area contributed by atoms with Crippen LogP contribution >= 0.6 is 11.6 Å². The summed E-state index contributed by atoms with van der Waals surface area (Å²) in [6.45, 7) is 6.64. The average Bonchev–Trinajstić information content (AvgIpc) is 2.43. The standard InChI is InChI=1S/C11H13ClOSSi/c1-15(2,3)11-6-8-4-5-9(12)7-10(8)14(11)13/h4-7H,1-3H3. The summed E-state index contributed by atoms with van der Waals surface area (Å²) in [6.07, 6.45) is 2.08. The minimum Gasteiger partial charge on any atom is -0.250 e. The van der Waals surface area contributed by atoms with Crippen molar-refractivity contribution in [1.82, 2.24) is 0 Å². The van der Waals surface area contributed by atoms with Gasteiger partial charge in [-0.1, -0.05) is 37.3 Å². The maximum Gasteiger partial charge on any atom is 0.0896 e. The minimum atomic E-state index is -1.48. The number of fused-ring (bicyclic) bond motifs is 1. The first-order valence-electron chi connectivity index (χ1n) is 4.83. The average molecular weight is 257 g/mol. The summed E-state index contributed by atoms with van der Waals surface area (Å²) in [5, 5.41) is 0.660. The Morgan fingerprint density at radius 1 is 1.27 bits per heavy atom. The molecule has 2 rings (SSSR count). The van der Waals surface area contributed by atoms with Crippen LogP contribution in [0.3, 0.4) is 0 Å². The largest absolute Gasteiger partial charge is 0.250 e. The molecule has 1 heterocycles. The number of benzene rings is 1. The Kier molecular flexibility index (Phi) is 2.65. The highest BCUT2D eigenvalue weighted by molar-refractivity contribution is 7.92. The van der Waals surface area contributed by atoms with Crippen molar-refractivity contribution in [2.24, 2.45) is 0 Å². The molecule has 0 amide bonds. The molecule has 0 bridgehead atoms. The van der Waals surface area contributed by atoms with E-state index in [9.17, 15) is 4.21 Å². The van der Waals surface area contributed by atoms with Gasteiger partial charge >= 0.3 is 0 Å². The summed E-state index contributed by atoms with van der Waals surface area (Å²) in [7, 11) is -2.46. The van der Waals surface area contributed by atoms with E-state index in [2.05, 4.69) is 25.7 Å². The fourth-order valence-corrected chi connectivity index (χ4v) is 6.02. The molecule has 1 aromatic carbocycles. The van der Waals surface area contributed by atoms with E-state index < -0.39 is 18.9 Å². The topological polar surface area (TPSA) is 17.1 Å². The van der Waals surface area contributed by atoms with Crippen molar-refractivity contribution in [2.45, 2.75) is 24.5 Å². The summed E-state index contributed by atoms with van der Waals surface area (Å²) in [6, 6.07) is 5.61. The van der Waals surface area contributed by atoms with E-state index in [0.717, 1.165) is 15.0 Å². The maximum absolute atomic E-state index is 12.2. The zero-order valence-electron chi connectivity index (χ0n) is 9.00. The van der Waals surface area contributed by atoms with Gasteiger partial charge in [0.2, 0.25) is 0 Å². The molecule has 4 heteroatoms. The van der Waals surface area contributed by atoms with E-state index in [0.29, 0.717) is 5.02 Å². The zero-order valence-corrected chi connectivity index (χ0v) is 11.6. The molecule has 1 atom stereocenters. The second-order valence-electron chi connectivity index (χ2n) is 4.71. The van der Waals surface area contributed by atoms with Crippen molar-refractivity contribution in [3.8, 4) is 0 Å². The van der Waals surface area contributed by atoms with Gasteiger partial charge < -0.3 is 0 Å². The van der Waals surface area contributed by atoms with Gasteiger partial charge in [0.25, 0.3) is 0 Å². The molecule has 1 aromatic rings. The molecule has 0 aliphatic carbocycles. The summed E-state index contributed by atoms with van der Waals surface area (Å²) in [4.78, 5) is 0.875. The van der Waals surface area contributed by atoms with Crippen molar-refractivity contribution < 1.29 is 4.21 Å². The van der Waals surface area contributed by atoms with Crippen LogP contribution < -0.4 is 0 Å². The van der Waals surface area contributed by atoms with Crippen LogP contribution in [0.15, 0.2) is 27.6 Å². The van der Waals surface area contributed by atoms with Crippen molar-refractivity contribution >= 4 is 36.6 Å². The molecule has 1 aliphatic heterocycles. The van der Waals surface area contributed by atoms with E-state index in [1.807, 2.05) is 18.2 Å². The zero-order chi connectivity index (χ0) is 11.2. The summed E-state index contributed by atoms with van der Waals surface area (Å²) in [5.74, 6) is 0. The molecular weight excluding hydrogens is 244 g/mol. The van der Waals surface area contributed by atoms with Gasteiger partial charge in [-0.05, 0) is 23.8 Å². The van der Waals surface area contributed by atoms with Crippen molar-refractivity contribution in [3.63, 3.8) is 0 Å². The predicted octanol–water partition coefficient (Wildman–Crippen LogP) is 3.68. The Hall–Kier alpha value is -0.383. The molecule has 1 aliphatic rings. The fourth-order valence-electron chi connectivity index (χ4n) is 1.60. The molecule has 15 heavy (non-hydrogen) atoms. The Morgan fingerprint density at radius 2 is 1.93 bits per heavy atom. The lowest BCUT2D eigenvalue weighted by molar-refractivity contribution is 0.688. The van der Waals surface area contributed by atoms with E-state index in [1.54, 1.807) is 0 Å². The second-order valence-corrected chi connectivity index (χ2v) is 12.0. The lowest BCUT2D eigenvalue weighted by Gasteiger charge is -2.16. The fraction of sp³-hybridized carbons (Fsp3) is 0.273. The van der Waals surface area contributed by atoms with Gasteiger partial charge in [-0.15, -0.1) is 0 Å². The van der Waals surface area contributed by atoms with Crippen LogP contribution in [-0.2, 0) is 10.8 Å². The molecule has 0 fully saturated rings. The summed E-state index contributed by atoms with van der Waals surface area (Å²) >= 11 is 5.90. The lowest BCUT2D eigenvalue weighted by atomic mass is 10.2. The maximum atomic E-state index is 12.2. The molecular formula is C11H13ClOSSi. The number of halogens is 1. The molecule has 0 N–H and O–H groups in total. The Bertz CT molecular complexity index is 474. The normalized spacial score (nSPS) is 20.0. The molecule has 1 nitrogen and oxygen atoms in total. The first-order chi connectivity index (χ1) is 6.89. The lowest BCUT2D eigenvalue weighted by Crippen LogP contribution is -2.25. The molecule has 1 unspecified atom stereocenters. The van der Waals surface area contributed by atoms with Crippen molar-refractivity contribution in [3.05, 3.63) is 33.3 Å². The molecule has 0 radical (unpaired) electrons. The molecule has 0 saturated carbocycles. The minimum absolute atomic E-state index is 0.660. The highest BCUT2D eigenvalue weighted by Gasteiger charge is 2.31. The Balaban J connectivity index is 2.53. The number of hydrogen-bond donors (Lipinski definition) is 0. The van der Waals surface area contributed by atoms with E-state index in [4.69, 9.17) is 11.6 Å². The van der Waals surface area contributed by atoms with Gasteiger partial charge in [-0.2, -0.15) is 0 Å². The van der Waals surface area contributed by atoms with Crippen LogP contribution in [-0.4, -0.2) is 12.3 Å². The van der Waals surface area contributed by atoms with Crippen LogP contribution in [0.2, 0.25) is 24.7 Å². The van der Waals surface area contributed by atoms with Gasteiger partial charge in [-0.3, -0.25) is 0 Å². The van der Waals surface area contributed by atoms with Crippen molar-refractivity contribution in [2.75, 3.05) is 0 Å². The van der Waals surface area contributed by atoms with Crippen LogP contribution in [0, 0.1) is 0 Å². The Morgan fingerprint density at radius 3 is 2.53 bits per heavy atom. The molecule has 0 aromatic heterocycles. The first kappa shape index (κ1) is 11.1. The highest BCUT2D eigenvalue weighted by Crippen LogP contribution is 2.35. The third kappa shape index (κ3) is 1.96. The first-order valence-corrected chi connectivity index (χ1v) is 9.86. The van der Waals surface area contributed by atoms with Crippen molar-refractivity contribution in [1.29, 1.82) is 0 Å². The number of rotatable bonds is 1. The van der Waals surface area contributed by atoms with Crippen LogP contribution in [0.25, 0.3) is 6.08 Å². The van der Waals surface area contributed by atoms with Gasteiger partial charge in [0, 0.05) is 9.55 Å². The van der Waals surface area contributed by atoms with Crippen LogP contribution in [0.4, 0.5) is 0 Å².